The molecule has 0 unspecified atom stereocenters. The molecule has 0 amide bonds. The molecule has 3 nitrogen and oxygen atoms in total. The van der Waals surface area contributed by atoms with Crippen molar-refractivity contribution in [3.8, 4) is 0 Å². The van der Waals surface area contributed by atoms with Crippen molar-refractivity contribution in [2.45, 2.75) is 20.2 Å². The van der Waals surface area contributed by atoms with Crippen LogP contribution >= 0.6 is 0 Å². The lowest BCUT2D eigenvalue weighted by atomic mass is 10.2. The summed E-state index contributed by atoms with van der Waals surface area (Å²) in [6.45, 7) is 5.83. The molecule has 0 aromatic heterocycles. The molecule has 0 heterocycles. The first-order chi connectivity index (χ1) is 6.81. The van der Waals surface area contributed by atoms with Crippen molar-refractivity contribution in [2.24, 2.45) is 5.92 Å². The van der Waals surface area contributed by atoms with E-state index in [9.17, 15) is 13.2 Å². The zero-order chi connectivity index (χ0) is 11.9. The highest BCUT2D eigenvalue weighted by Crippen LogP contribution is 2.14. The van der Waals surface area contributed by atoms with Gasteiger partial charge in [-0.3, -0.25) is 10.1 Å². The van der Waals surface area contributed by atoms with E-state index in [1.54, 1.807) is 0 Å². The molecule has 0 aliphatic carbocycles. The molecule has 0 rings (SSSR count). The fraction of sp³-hybridized carbons (Fsp3) is 1.00. The van der Waals surface area contributed by atoms with Gasteiger partial charge in [-0.15, -0.1) is 13.2 Å². The van der Waals surface area contributed by atoms with Crippen molar-refractivity contribution < 1.29 is 17.9 Å². The molecule has 0 aromatic rings. The molecular formula is C9H19F3N2O. The number of halogens is 3. The summed E-state index contributed by atoms with van der Waals surface area (Å²) in [4.78, 5) is 2.06. The molecule has 0 bridgehead atoms. The van der Waals surface area contributed by atoms with Gasteiger partial charge < -0.3 is 4.90 Å². The maximum atomic E-state index is 11.5. The minimum Gasteiger partial charge on any atom is -0.305 e. The Morgan fingerprint density at radius 1 is 1.33 bits per heavy atom. The second-order valence-electron chi connectivity index (χ2n) is 3.89. The Labute approximate surface area is 88.6 Å². The number of rotatable bonds is 7. The standard InChI is InChI=1S/C9H19F3N2O/c1-8(2)6-14(3)5-4-13-7-15-9(10,11)12/h8,13H,4-7H2,1-3H3. The molecule has 0 saturated heterocycles. The first kappa shape index (κ1) is 14.7. The van der Waals surface area contributed by atoms with Crippen LogP contribution in [0.3, 0.4) is 0 Å². The van der Waals surface area contributed by atoms with Crippen LogP contribution in [0.2, 0.25) is 0 Å². The molecule has 0 aliphatic rings. The van der Waals surface area contributed by atoms with E-state index in [1.807, 2.05) is 7.05 Å². The highest BCUT2D eigenvalue weighted by Gasteiger charge is 2.28. The van der Waals surface area contributed by atoms with Gasteiger partial charge in [-0.05, 0) is 13.0 Å². The maximum Gasteiger partial charge on any atom is 0.523 e. The van der Waals surface area contributed by atoms with Gasteiger partial charge >= 0.3 is 6.36 Å². The molecule has 0 saturated carbocycles. The Morgan fingerprint density at radius 2 is 1.93 bits per heavy atom. The number of hydrogen-bond donors (Lipinski definition) is 1. The first-order valence-electron chi connectivity index (χ1n) is 4.91. The second-order valence-corrected chi connectivity index (χ2v) is 3.89. The quantitative estimate of drug-likeness (QED) is 0.530. The fourth-order valence-electron chi connectivity index (χ4n) is 1.19. The Bertz CT molecular complexity index is 162. The normalized spacial score (nSPS) is 12.8. The lowest BCUT2D eigenvalue weighted by molar-refractivity contribution is -0.326. The van der Waals surface area contributed by atoms with Gasteiger partial charge in [0.1, 0.15) is 6.73 Å². The maximum absolute atomic E-state index is 11.5. The van der Waals surface area contributed by atoms with Gasteiger partial charge in [0.05, 0.1) is 0 Å². The van der Waals surface area contributed by atoms with E-state index in [4.69, 9.17) is 0 Å². The largest absolute Gasteiger partial charge is 0.523 e. The molecule has 0 radical (unpaired) electrons. The topological polar surface area (TPSA) is 24.5 Å². The van der Waals surface area contributed by atoms with Gasteiger partial charge in [0.2, 0.25) is 0 Å². The lowest BCUT2D eigenvalue weighted by Gasteiger charge is -2.19. The van der Waals surface area contributed by atoms with Crippen molar-refractivity contribution in [2.75, 3.05) is 33.4 Å². The van der Waals surface area contributed by atoms with Gasteiger partial charge in [-0.1, -0.05) is 13.8 Å². The van der Waals surface area contributed by atoms with E-state index in [1.165, 1.54) is 0 Å². The predicted molar refractivity (Wildman–Crippen MR) is 52.3 cm³/mol. The number of alkyl halides is 3. The number of likely N-dealkylation sites (N-methyl/N-ethyl adjacent to an activating group) is 1. The van der Waals surface area contributed by atoms with E-state index < -0.39 is 13.1 Å². The molecule has 0 atom stereocenters. The van der Waals surface area contributed by atoms with Gasteiger partial charge in [-0.2, -0.15) is 0 Å². The molecule has 0 spiro atoms. The van der Waals surface area contributed by atoms with Gasteiger partial charge in [0, 0.05) is 19.6 Å². The number of hydrogen-bond acceptors (Lipinski definition) is 3. The molecule has 0 aromatic carbocycles. The smallest absolute Gasteiger partial charge is 0.305 e. The lowest BCUT2D eigenvalue weighted by Crippen LogP contribution is -2.33. The third-order valence-corrected chi connectivity index (χ3v) is 1.69. The van der Waals surface area contributed by atoms with Crippen molar-refractivity contribution in [1.82, 2.24) is 10.2 Å². The number of nitrogens with zero attached hydrogens (tertiary/aromatic N) is 1. The van der Waals surface area contributed by atoms with Crippen molar-refractivity contribution in [1.29, 1.82) is 0 Å². The Morgan fingerprint density at radius 3 is 2.40 bits per heavy atom. The predicted octanol–water partition coefficient (Wildman–Crippen LogP) is 1.66. The second kappa shape index (κ2) is 7.03. The van der Waals surface area contributed by atoms with E-state index in [0.717, 1.165) is 6.54 Å². The molecule has 1 N–H and O–H groups in total. The molecule has 0 fully saturated rings. The summed E-state index contributed by atoms with van der Waals surface area (Å²) in [6.07, 6.45) is -4.54. The number of nitrogens with one attached hydrogen (secondary N) is 1. The molecule has 6 heteroatoms. The highest BCUT2D eigenvalue weighted by atomic mass is 19.4. The van der Waals surface area contributed by atoms with E-state index in [0.29, 0.717) is 19.0 Å². The van der Waals surface area contributed by atoms with E-state index in [2.05, 4.69) is 28.8 Å². The Balaban J connectivity index is 3.31. The summed E-state index contributed by atoms with van der Waals surface area (Å²) < 4.78 is 38.2. The van der Waals surface area contributed by atoms with Crippen LogP contribution in [-0.2, 0) is 4.74 Å². The van der Waals surface area contributed by atoms with Crippen LogP contribution in [-0.4, -0.2) is 44.7 Å². The molecule has 92 valence electrons. The molecular weight excluding hydrogens is 209 g/mol. The van der Waals surface area contributed by atoms with Crippen LogP contribution < -0.4 is 5.32 Å². The Kier molecular flexibility index (Phi) is 6.87. The molecule has 15 heavy (non-hydrogen) atoms. The average molecular weight is 228 g/mol. The van der Waals surface area contributed by atoms with Crippen LogP contribution in [0.5, 0.6) is 0 Å². The minimum absolute atomic E-state index is 0.485. The summed E-state index contributed by atoms with van der Waals surface area (Å²) >= 11 is 0. The minimum atomic E-state index is -4.54. The average Bonchev–Trinajstić information content (AvgIpc) is 1.99. The van der Waals surface area contributed by atoms with Crippen molar-refractivity contribution >= 4 is 0 Å². The highest BCUT2D eigenvalue weighted by molar-refractivity contribution is 4.55. The monoisotopic (exact) mass is 228 g/mol. The summed E-state index contributed by atoms with van der Waals surface area (Å²) in [5.74, 6) is 0.557. The van der Waals surface area contributed by atoms with Crippen molar-refractivity contribution in [3.05, 3.63) is 0 Å². The van der Waals surface area contributed by atoms with E-state index >= 15 is 0 Å². The zero-order valence-corrected chi connectivity index (χ0v) is 9.40. The summed E-state index contributed by atoms with van der Waals surface area (Å²) in [5, 5.41) is 2.56. The van der Waals surface area contributed by atoms with Crippen LogP contribution in [0.15, 0.2) is 0 Å². The van der Waals surface area contributed by atoms with Gasteiger partial charge in [0.25, 0.3) is 0 Å². The van der Waals surface area contributed by atoms with Crippen molar-refractivity contribution in [3.63, 3.8) is 0 Å². The summed E-state index contributed by atoms with van der Waals surface area (Å²) in [5.41, 5.74) is 0. The van der Waals surface area contributed by atoms with Crippen LogP contribution in [0, 0.1) is 5.92 Å². The summed E-state index contributed by atoms with van der Waals surface area (Å²) in [7, 11) is 1.94. The SMILES string of the molecule is CC(C)CN(C)CCNCOC(F)(F)F. The third-order valence-electron chi connectivity index (χ3n) is 1.69. The van der Waals surface area contributed by atoms with Crippen LogP contribution in [0.25, 0.3) is 0 Å². The Hall–Kier alpha value is -0.330. The summed E-state index contributed by atoms with van der Waals surface area (Å²) in [6, 6.07) is 0. The third kappa shape index (κ3) is 11.6. The van der Waals surface area contributed by atoms with Crippen LogP contribution in [0.4, 0.5) is 13.2 Å². The van der Waals surface area contributed by atoms with Gasteiger partial charge in [0.15, 0.2) is 0 Å². The van der Waals surface area contributed by atoms with Crippen LogP contribution in [0.1, 0.15) is 13.8 Å². The van der Waals surface area contributed by atoms with E-state index in [-0.39, 0.29) is 0 Å². The molecule has 0 aliphatic heterocycles. The first-order valence-corrected chi connectivity index (χ1v) is 4.91. The van der Waals surface area contributed by atoms with Gasteiger partial charge in [-0.25, -0.2) is 0 Å². The fourth-order valence-corrected chi connectivity index (χ4v) is 1.19. The number of ether oxygens (including phenoxy) is 1. The zero-order valence-electron chi connectivity index (χ0n) is 9.40.